The summed E-state index contributed by atoms with van der Waals surface area (Å²) in [5.41, 5.74) is 1.38. The molecule has 0 spiro atoms. The van der Waals surface area contributed by atoms with Crippen LogP contribution in [-0.4, -0.2) is 49.5 Å². The smallest absolute Gasteiger partial charge is 0.294 e. The Balaban J connectivity index is 0.00000300. The number of amides is 1. The first-order valence-corrected chi connectivity index (χ1v) is 9.11. The van der Waals surface area contributed by atoms with Crippen LogP contribution in [0.2, 0.25) is 0 Å². The van der Waals surface area contributed by atoms with Crippen molar-refractivity contribution in [3.05, 3.63) is 64.4 Å². The van der Waals surface area contributed by atoms with Crippen LogP contribution in [0, 0.1) is 10.1 Å². The van der Waals surface area contributed by atoms with Crippen LogP contribution in [-0.2, 0) is 0 Å². The van der Waals surface area contributed by atoms with Gasteiger partial charge in [0.05, 0.1) is 44.4 Å². The molecule has 8 heteroatoms. The van der Waals surface area contributed by atoms with Crippen molar-refractivity contribution in [3.63, 3.8) is 0 Å². The Morgan fingerprint density at radius 3 is 2.45 bits per heavy atom. The summed E-state index contributed by atoms with van der Waals surface area (Å²) in [5.74, 6) is -0.257. The highest BCUT2D eigenvalue weighted by Crippen LogP contribution is 2.47. The van der Waals surface area contributed by atoms with Gasteiger partial charge in [0.25, 0.3) is 11.6 Å². The summed E-state index contributed by atoms with van der Waals surface area (Å²) in [6.45, 7) is 1.31. The van der Waals surface area contributed by atoms with Crippen molar-refractivity contribution in [2.45, 2.75) is 6.42 Å². The Morgan fingerprint density at radius 1 is 1.14 bits per heavy atom. The van der Waals surface area contributed by atoms with Crippen molar-refractivity contribution >= 4 is 11.6 Å². The molecule has 1 heterocycles. The van der Waals surface area contributed by atoms with Crippen LogP contribution < -0.4 is 29.3 Å². The quantitative estimate of drug-likeness (QED) is 0.168. The first-order valence-electron chi connectivity index (χ1n) is 9.11. The summed E-state index contributed by atoms with van der Waals surface area (Å²) in [5, 5.41) is 14.7. The first kappa shape index (κ1) is 22.8. The number of carbonyl (C=O) groups excluding carboxylic acids is 1. The molecule has 1 aliphatic heterocycles. The van der Waals surface area contributed by atoms with Crippen molar-refractivity contribution in [2.24, 2.45) is 0 Å². The Morgan fingerprint density at radius 2 is 1.83 bits per heavy atom. The molecule has 0 unspecified atom stereocenters. The van der Waals surface area contributed by atoms with Crippen LogP contribution in [0.5, 0.6) is 0 Å². The maximum Gasteiger partial charge on any atom is 0.294 e. The standard InChI is InChI=1S/C21H23N3O4.HI/c1-24(2,3)13-8-12-22-21(25)18-19(23(26)27)17(15-9-5-4-6-10-15)16-11-7-14-28-20(16)18;/h4-7,9-11,14H,8,12-13H2,1-3H3;1H. The second-order valence-corrected chi connectivity index (χ2v) is 7.70. The first-order chi connectivity index (χ1) is 13.3. The largest absolute Gasteiger partial charge is 1.00 e. The molecule has 0 fully saturated rings. The Labute approximate surface area is 186 Å². The van der Waals surface area contributed by atoms with Gasteiger partial charge in [0.2, 0.25) is 0 Å². The van der Waals surface area contributed by atoms with Gasteiger partial charge in [-0.05, 0) is 17.7 Å². The molecule has 0 saturated heterocycles. The van der Waals surface area contributed by atoms with E-state index in [2.05, 4.69) is 26.5 Å². The van der Waals surface area contributed by atoms with Crippen LogP contribution in [0.3, 0.4) is 0 Å². The number of nitrogens with one attached hydrogen (secondary N) is 1. The van der Waals surface area contributed by atoms with Crippen molar-refractivity contribution in [3.8, 4) is 22.5 Å². The summed E-state index contributed by atoms with van der Waals surface area (Å²) < 4.78 is 6.33. The van der Waals surface area contributed by atoms with Crippen LogP contribution in [0.1, 0.15) is 16.8 Å². The van der Waals surface area contributed by atoms with E-state index in [1.165, 1.54) is 6.26 Å². The van der Waals surface area contributed by atoms with E-state index in [4.69, 9.17) is 4.42 Å². The Bertz CT molecular complexity index is 964. The Kier molecular flexibility index (Phi) is 7.37. The van der Waals surface area contributed by atoms with E-state index < -0.39 is 10.8 Å². The highest BCUT2D eigenvalue weighted by molar-refractivity contribution is 6.11. The lowest BCUT2D eigenvalue weighted by Gasteiger charge is -2.23. The average Bonchev–Trinajstić information content (AvgIpc) is 3.00. The number of benzene rings is 1. The van der Waals surface area contributed by atoms with E-state index >= 15 is 0 Å². The number of halogens is 1. The van der Waals surface area contributed by atoms with Gasteiger partial charge in [-0.3, -0.25) is 14.9 Å². The molecule has 2 aliphatic rings. The average molecular weight is 509 g/mol. The summed E-state index contributed by atoms with van der Waals surface area (Å²) >= 11 is 0. The van der Waals surface area contributed by atoms with Gasteiger partial charge in [-0.2, -0.15) is 0 Å². The lowest BCUT2D eigenvalue weighted by molar-refractivity contribution is -0.870. The van der Waals surface area contributed by atoms with E-state index in [-0.39, 0.29) is 41.0 Å². The minimum atomic E-state index is -0.501. The normalized spacial score (nSPS) is 11.1. The third-order valence-electron chi connectivity index (χ3n) is 4.51. The minimum absolute atomic E-state index is 0. The molecule has 0 bridgehead atoms. The molecular weight excluding hydrogens is 485 g/mol. The number of carbonyl (C=O) groups is 1. The molecule has 1 N–H and O–H groups in total. The van der Waals surface area contributed by atoms with Gasteiger partial charge in [0.1, 0.15) is 0 Å². The van der Waals surface area contributed by atoms with E-state index in [1.54, 1.807) is 24.3 Å². The van der Waals surface area contributed by atoms with Crippen molar-refractivity contribution in [2.75, 3.05) is 34.2 Å². The van der Waals surface area contributed by atoms with E-state index in [9.17, 15) is 14.9 Å². The van der Waals surface area contributed by atoms with E-state index in [1.807, 2.05) is 18.2 Å². The van der Waals surface area contributed by atoms with Gasteiger partial charge in [0.15, 0.2) is 11.3 Å². The topological polar surface area (TPSA) is 85.4 Å². The monoisotopic (exact) mass is 509 g/mol. The summed E-state index contributed by atoms with van der Waals surface area (Å²) in [7, 11) is 6.22. The zero-order valence-electron chi connectivity index (χ0n) is 16.6. The fraction of sp³-hybridized carbons (Fsp3) is 0.286. The number of hydrogen-bond donors (Lipinski definition) is 1. The lowest BCUT2D eigenvalue weighted by Crippen LogP contribution is -3.00. The third-order valence-corrected chi connectivity index (χ3v) is 4.51. The molecule has 7 nitrogen and oxygen atoms in total. The molecule has 29 heavy (non-hydrogen) atoms. The predicted octanol–water partition coefficient (Wildman–Crippen LogP) is 0.790. The number of fused-ring (bicyclic) bond motifs is 1. The number of quaternary nitrogens is 1. The molecular formula is C21H24IN3O4. The summed E-state index contributed by atoms with van der Waals surface area (Å²) in [6.07, 6.45) is 2.19. The maximum atomic E-state index is 12.9. The van der Waals surface area contributed by atoms with Crippen LogP contribution in [0.25, 0.3) is 22.5 Å². The second-order valence-electron chi connectivity index (χ2n) is 7.70. The van der Waals surface area contributed by atoms with E-state index in [0.29, 0.717) is 23.2 Å². The minimum Gasteiger partial charge on any atom is -1.00 e. The fourth-order valence-electron chi connectivity index (χ4n) is 3.27. The second kappa shape index (κ2) is 9.36. The van der Waals surface area contributed by atoms with Crippen LogP contribution >= 0.6 is 0 Å². The van der Waals surface area contributed by atoms with Gasteiger partial charge in [-0.15, -0.1) is 0 Å². The molecule has 0 aromatic heterocycles. The number of hydrogen-bond acceptors (Lipinski definition) is 4. The molecule has 0 radical (unpaired) electrons. The van der Waals surface area contributed by atoms with E-state index in [0.717, 1.165) is 17.4 Å². The van der Waals surface area contributed by atoms with Gasteiger partial charge in [0, 0.05) is 18.5 Å². The van der Waals surface area contributed by atoms with Gasteiger partial charge >= 0.3 is 0 Å². The molecule has 1 aliphatic carbocycles. The van der Waals surface area contributed by atoms with Crippen LogP contribution in [0.4, 0.5) is 5.69 Å². The molecule has 0 atom stereocenters. The molecule has 1 aromatic carbocycles. The fourth-order valence-corrected chi connectivity index (χ4v) is 3.27. The van der Waals surface area contributed by atoms with Crippen molar-refractivity contribution < 1.29 is 42.6 Å². The van der Waals surface area contributed by atoms with Crippen LogP contribution in [0.15, 0.2) is 53.1 Å². The molecule has 154 valence electrons. The SMILES string of the molecule is C[N+](C)(C)CCCNC(=O)c1c2occcc-2c(-c2ccccc2)c1[N+](=O)[O-].[I-]. The van der Waals surface area contributed by atoms with Gasteiger partial charge < -0.3 is 38.2 Å². The highest BCUT2D eigenvalue weighted by atomic mass is 127. The number of nitrogens with zero attached hydrogens (tertiary/aromatic N) is 2. The Hall–Kier alpha value is -2.46. The lowest BCUT2D eigenvalue weighted by atomic mass is 10.0. The predicted molar refractivity (Wildman–Crippen MR) is 107 cm³/mol. The zero-order chi connectivity index (χ0) is 20.3. The highest BCUT2D eigenvalue weighted by Gasteiger charge is 2.37. The van der Waals surface area contributed by atoms with Crippen molar-refractivity contribution in [1.29, 1.82) is 0 Å². The number of rotatable bonds is 7. The molecule has 3 rings (SSSR count). The third kappa shape index (κ3) is 5.13. The summed E-state index contributed by atoms with van der Waals surface area (Å²) in [6, 6.07) is 12.4. The molecule has 0 saturated carbocycles. The number of nitro groups is 1. The maximum absolute atomic E-state index is 12.9. The molecule has 1 aromatic rings. The van der Waals surface area contributed by atoms with Gasteiger partial charge in [-0.1, -0.05) is 30.3 Å². The van der Waals surface area contributed by atoms with Gasteiger partial charge in [-0.25, -0.2) is 0 Å². The summed E-state index contributed by atoms with van der Waals surface area (Å²) in [4.78, 5) is 24.3. The zero-order valence-corrected chi connectivity index (χ0v) is 18.8. The van der Waals surface area contributed by atoms with Crippen molar-refractivity contribution in [1.82, 2.24) is 5.32 Å². The molecule has 1 amide bonds.